The molecule has 0 spiro atoms. The summed E-state index contributed by atoms with van der Waals surface area (Å²) in [6.07, 6.45) is 5.07. The minimum atomic E-state index is -1.35. The quantitative estimate of drug-likeness (QED) is 0.252. The van der Waals surface area contributed by atoms with Crippen LogP contribution in [0.15, 0.2) is 91.0 Å². The van der Waals surface area contributed by atoms with Crippen molar-refractivity contribution in [3.05, 3.63) is 108 Å². The van der Waals surface area contributed by atoms with Crippen molar-refractivity contribution in [3.63, 3.8) is 0 Å². The molecule has 3 aromatic carbocycles. The maximum Gasteiger partial charge on any atom is 0.315 e. The van der Waals surface area contributed by atoms with Crippen molar-refractivity contribution >= 4 is 6.03 Å². The van der Waals surface area contributed by atoms with E-state index in [2.05, 4.69) is 16.0 Å². The van der Waals surface area contributed by atoms with Crippen LogP contribution in [0.1, 0.15) is 61.8 Å². The highest BCUT2D eigenvalue weighted by atomic mass is 16.3. The zero-order chi connectivity index (χ0) is 26.8. The Kier molecular flexibility index (Phi) is 9.93. The predicted molar refractivity (Wildman–Crippen MR) is 152 cm³/mol. The first-order valence-electron chi connectivity index (χ1n) is 13.8. The van der Waals surface area contributed by atoms with Crippen LogP contribution in [-0.2, 0) is 5.60 Å². The first kappa shape index (κ1) is 27.8. The third kappa shape index (κ3) is 7.01. The van der Waals surface area contributed by atoms with E-state index in [1.165, 1.54) is 0 Å². The molecule has 0 saturated heterocycles. The molecular formula is C32H41N3O3. The van der Waals surface area contributed by atoms with E-state index in [1.54, 1.807) is 0 Å². The molecule has 2 atom stereocenters. The number of hydrogen-bond acceptors (Lipinski definition) is 4. The van der Waals surface area contributed by atoms with Gasteiger partial charge in [-0.15, -0.1) is 0 Å². The lowest BCUT2D eigenvalue weighted by atomic mass is 9.81. The third-order valence-electron chi connectivity index (χ3n) is 7.91. The van der Waals surface area contributed by atoms with E-state index >= 15 is 0 Å². The first-order valence-corrected chi connectivity index (χ1v) is 13.8. The zero-order valence-corrected chi connectivity index (χ0v) is 22.2. The molecule has 4 rings (SSSR count). The van der Waals surface area contributed by atoms with Crippen molar-refractivity contribution in [2.24, 2.45) is 5.92 Å². The van der Waals surface area contributed by atoms with Gasteiger partial charge in [-0.05, 0) is 68.2 Å². The van der Waals surface area contributed by atoms with E-state index in [0.29, 0.717) is 5.92 Å². The van der Waals surface area contributed by atoms with Crippen LogP contribution >= 0.6 is 0 Å². The van der Waals surface area contributed by atoms with Gasteiger partial charge >= 0.3 is 6.03 Å². The van der Waals surface area contributed by atoms with Crippen LogP contribution in [0.3, 0.4) is 0 Å². The van der Waals surface area contributed by atoms with Crippen LogP contribution in [-0.4, -0.2) is 41.5 Å². The van der Waals surface area contributed by atoms with Crippen molar-refractivity contribution in [1.29, 1.82) is 0 Å². The lowest BCUT2D eigenvalue weighted by molar-refractivity contribution is 0.0470. The number of hydrogen-bond donors (Lipinski definition) is 5. The number of aliphatic hydroxyl groups is 2. The Morgan fingerprint density at radius 2 is 1.39 bits per heavy atom. The minimum Gasteiger partial charge on any atom is -0.394 e. The summed E-state index contributed by atoms with van der Waals surface area (Å²) in [5.74, 6) is 0.610. The topological polar surface area (TPSA) is 93.6 Å². The van der Waals surface area contributed by atoms with Gasteiger partial charge in [0.25, 0.3) is 0 Å². The monoisotopic (exact) mass is 515 g/mol. The van der Waals surface area contributed by atoms with E-state index in [0.717, 1.165) is 55.3 Å². The van der Waals surface area contributed by atoms with Gasteiger partial charge in [0.15, 0.2) is 0 Å². The lowest BCUT2D eigenvalue weighted by Gasteiger charge is -2.36. The van der Waals surface area contributed by atoms with Crippen LogP contribution in [0.25, 0.3) is 0 Å². The summed E-state index contributed by atoms with van der Waals surface area (Å²) in [5, 5.41) is 31.2. The molecule has 0 aromatic heterocycles. The molecule has 1 unspecified atom stereocenters. The zero-order valence-electron chi connectivity index (χ0n) is 22.2. The molecule has 2 amide bonds. The van der Waals surface area contributed by atoms with Gasteiger partial charge in [0, 0.05) is 6.04 Å². The fourth-order valence-corrected chi connectivity index (χ4v) is 5.61. The lowest BCUT2D eigenvalue weighted by Crippen LogP contribution is -2.54. The number of carbonyl (C=O) groups is 1. The molecule has 1 fully saturated rings. The molecule has 0 aliphatic heterocycles. The summed E-state index contributed by atoms with van der Waals surface area (Å²) in [5.41, 5.74) is 1.23. The number of carbonyl (C=O) groups excluding carboxylic acids is 1. The average Bonchev–Trinajstić information content (AvgIpc) is 2.97. The van der Waals surface area contributed by atoms with Gasteiger partial charge in [-0.1, -0.05) is 91.0 Å². The fourth-order valence-electron chi connectivity index (χ4n) is 5.61. The average molecular weight is 516 g/mol. The van der Waals surface area contributed by atoms with Gasteiger partial charge < -0.3 is 26.2 Å². The molecule has 1 aliphatic rings. The summed E-state index contributed by atoms with van der Waals surface area (Å²) in [4.78, 5) is 13.0. The van der Waals surface area contributed by atoms with Crippen molar-refractivity contribution in [1.82, 2.24) is 16.0 Å². The normalized spacial score (nSPS) is 19.3. The van der Waals surface area contributed by atoms with E-state index in [4.69, 9.17) is 0 Å². The molecule has 0 bridgehead atoms. The van der Waals surface area contributed by atoms with Gasteiger partial charge in [-0.25, -0.2) is 4.79 Å². The number of nitrogens with one attached hydrogen (secondary N) is 3. The van der Waals surface area contributed by atoms with Crippen molar-refractivity contribution in [3.8, 4) is 0 Å². The molecule has 6 heteroatoms. The number of benzene rings is 3. The third-order valence-corrected chi connectivity index (χ3v) is 7.91. The van der Waals surface area contributed by atoms with Gasteiger partial charge in [0.2, 0.25) is 0 Å². The Balaban J connectivity index is 1.25. The van der Waals surface area contributed by atoms with Gasteiger partial charge in [-0.2, -0.15) is 0 Å². The SMILES string of the molecule is CC(NC(=O)NC1CCC(CCN[C@H](CO)c2ccccc2)CC1)C(O)(c1ccccc1)c1ccccc1. The first-order chi connectivity index (χ1) is 18.5. The number of urea groups is 1. The summed E-state index contributed by atoms with van der Waals surface area (Å²) in [6, 6.07) is 28.3. The Labute approximate surface area is 226 Å². The largest absolute Gasteiger partial charge is 0.394 e. The maximum absolute atomic E-state index is 13.0. The summed E-state index contributed by atoms with van der Waals surface area (Å²) >= 11 is 0. The highest BCUT2D eigenvalue weighted by molar-refractivity contribution is 5.75. The standard InChI is InChI=1S/C32H41N3O3/c1-24(32(38,27-13-7-3-8-14-27)28-15-9-4-10-16-28)34-31(37)35-29-19-17-25(18-20-29)21-22-33-30(23-36)26-11-5-2-6-12-26/h2-16,24-25,29-30,33,36,38H,17-23H2,1H3,(H2,34,35,37)/t24?,25?,29?,30-/m1/s1. The van der Waals surface area contributed by atoms with Crippen LogP contribution in [0.2, 0.25) is 0 Å². The van der Waals surface area contributed by atoms with Crippen molar-refractivity contribution in [2.75, 3.05) is 13.2 Å². The molecule has 0 radical (unpaired) electrons. The summed E-state index contributed by atoms with van der Waals surface area (Å²) < 4.78 is 0. The van der Waals surface area contributed by atoms with E-state index < -0.39 is 11.6 Å². The molecule has 5 N–H and O–H groups in total. The molecule has 0 heterocycles. The molecule has 3 aromatic rings. The van der Waals surface area contributed by atoms with Crippen molar-refractivity contribution < 1.29 is 15.0 Å². The second-order valence-electron chi connectivity index (χ2n) is 10.4. The van der Waals surface area contributed by atoms with Crippen molar-refractivity contribution in [2.45, 2.75) is 62.8 Å². The molecule has 6 nitrogen and oxygen atoms in total. The van der Waals surface area contributed by atoms with Gasteiger partial charge in [0.05, 0.1) is 18.7 Å². The predicted octanol–water partition coefficient (Wildman–Crippen LogP) is 4.88. The summed E-state index contributed by atoms with van der Waals surface area (Å²) in [7, 11) is 0. The second-order valence-corrected chi connectivity index (χ2v) is 10.4. The van der Waals surface area contributed by atoms with Crippen LogP contribution in [0.4, 0.5) is 4.79 Å². The van der Waals surface area contributed by atoms with Crippen LogP contribution in [0.5, 0.6) is 0 Å². The van der Waals surface area contributed by atoms with E-state index in [9.17, 15) is 15.0 Å². The smallest absolute Gasteiger partial charge is 0.315 e. The van der Waals surface area contributed by atoms with Gasteiger partial charge in [-0.3, -0.25) is 0 Å². The molecule has 202 valence electrons. The highest BCUT2D eigenvalue weighted by Crippen LogP contribution is 2.33. The van der Waals surface area contributed by atoms with Crippen LogP contribution in [0, 0.1) is 5.92 Å². The molecule has 1 aliphatic carbocycles. The molecule has 38 heavy (non-hydrogen) atoms. The summed E-state index contributed by atoms with van der Waals surface area (Å²) in [6.45, 7) is 2.79. The van der Waals surface area contributed by atoms with E-state index in [1.807, 2.05) is 97.9 Å². The highest BCUT2D eigenvalue weighted by Gasteiger charge is 2.38. The Morgan fingerprint density at radius 3 is 1.92 bits per heavy atom. The van der Waals surface area contributed by atoms with E-state index in [-0.39, 0.29) is 24.7 Å². The molecular weight excluding hydrogens is 474 g/mol. The second kappa shape index (κ2) is 13.6. The molecule has 1 saturated carbocycles. The minimum absolute atomic E-state index is 0.0368. The Hall–Kier alpha value is -3.19. The fraction of sp³-hybridized carbons (Fsp3) is 0.406. The number of amides is 2. The van der Waals surface area contributed by atoms with Gasteiger partial charge in [0.1, 0.15) is 5.60 Å². The van der Waals surface area contributed by atoms with Crippen LogP contribution < -0.4 is 16.0 Å². The Morgan fingerprint density at radius 1 is 0.868 bits per heavy atom. The number of aliphatic hydroxyl groups excluding tert-OH is 1. The Bertz CT molecular complexity index is 1060. The number of rotatable bonds is 11. The maximum atomic E-state index is 13.0.